The molecule has 0 bridgehead atoms. The van der Waals surface area contributed by atoms with Crippen molar-refractivity contribution in [1.29, 1.82) is 0 Å². The number of fused-ring (bicyclic) bond motifs is 4. The zero-order chi connectivity index (χ0) is 14.4. The summed E-state index contributed by atoms with van der Waals surface area (Å²) >= 11 is 0. The van der Waals surface area contributed by atoms with Crippen molar-refractivity contribution in [1.82, 2.24) is 4.98 Å². The Hall–Kier alpha value is -2.68. The molecular formula is C18H13FN2. The molecule has 0 aliphatic carbocycles. The zero-order valence-electron chi connectivity index (χ0n) is 11.5. The quantitative estimate of drug-likeness (QED) is 0.402. The first kappa shape index (κ1) is 12.1. The first-order chi connectivity index (χ1) is 10.3. The summed E-state index contributed by atoms with van der Waals surface area (Å²) in [6.45, 7) is 0. The van der Waals surface area contributed by atoms with Crippen LogP contribution in [0.15, 0.2) is 54.6 Å². The third-order valence-corrected chi connectivity index (χ3v) is 3.88. The second-order valence-electron chi connectivity index (χ2n) is 5.08. The van der Waals surface area contributed by atoms with E-state index in [0.717, 1.165) is 32.7 Å². The summed E-state index contributed by atoms with van der Waals surface area (Å²) in [6.07, 6.45) is 0. The van der Waals surface area contributed by atoms with Crippen LogP contribution in [0.5, 0.6) is 0 Å². The Kier molecular flexibility index (Phi) is 2.54. The largest absolute Gasteiger partial charge is 0.387 e. The molecule has 1 aromatic heterocycles. The fraction of sp³-hybridized carbons (Fsp3) is 0.0556. The van der Waals surface area contributed by atoms with E-state index >= 15 is 0 Å². The zero-order valence-corrected chi connectivity index (χ0v) is 11.5. The minimum atomic E-state index is -0.267. The Balaban J connectivity index is 2.28. The smallest absolute Gasteiger partial charge is 0.125 e. The third-order valence-electron chi connectivity index (χ3n) is 3.88. The Morgan fingerprint density at radius 3 is 2.57 bits per heavy atom. The fourth-order valence-electron chi connectivity index (χ4n) is 2.92. The average molecular weight is 276 g/mol. The Bertz CT molecular complexity index is 992. The van der Waals surface area contributed by atoms with Gasteiger partial charge in [-0.3, -0.25) is 0 Å². The molecule has 0 aliphatic rings. The predicted octanol–water partition coefficient (Wildman–Crippen LogP) is 4.72. The molecule has 102 valence electrons. The highest BCUT2D eigenvalue weighted by Crippen LogP contribution is 2.34. The molecule has 3 heteroatoms. The van der Waals surface area contributed by atoms with Crippen LogP contribution in [0.3, 0.4) is 0 Å². The van der Waals surface area contributed by atoms with Gasteiger partial charge in [0.05, 0.1) is 16.7 Å². The summed E-state index contributed by atoms with van der Waals surface area (Å²) in [6, 6.07) is 17.0. The lowest BCUT2D eigenvalue weighted by molar-refractivity contribution is 0.629. The number of halogens is 1. The monoisotopic (exact) mass is 276 g/mol. The lowest BCUT2D eigenvalue weighted by Gasteiger charge is -2.12. The van der Waals surface area contributed by atoms with E-state index in [-0.39, 0.29) is 5.82 Å². The van der Waals surface area contributed by atoms with Crippen LogP contribution in [-0.4, -0.2) is 12.0 Å². The Morgan fingerprint density at radius 1 is 0.905 bits per heavy atom. The van der Waals surface area contributed by atoms with E-state index in [4.69, 9.17) is 4.98 Å². The van der Waals surface area contributed by atoms with Gasteiger partial charge in [-0.15, -0.1) is 0 Å². The van der Waals surface area contributed by atoms with E-state index in [1.54, 1.807) is 6.07 Å². The van der Waals surface area contributed by atoms with Crippen molar-refractivity contribution in [2.75, 3.05) is 12.4 Å². The number of benzene rings is 3. The van der Waals surface area contributed by atoms with Gasteiger partial charge in [-0.05, 0) is 17.5 Å². The second-order valence-corrected chi connectivity index (χ2v) is 5.08. The summed E-state index contributed by atoms with van der Waals surface area (Å²) < 4.78 is 13.5. The van der Waals surface area contributed by atoms with Crippen molar-refractivity contribution in [3.05, 3.63) is 60.4 Å². The Morgan fingerprint density at radius 2 is 1.71 bits per heavy atom. The van der Waals surface area contributed by atoms with Crippen molar-refractivity contribution in [3.8, 4) is 0 Å². The summed E-state index contributed by atoms with van der Waals surface area (Å²) in [5, 5.41) is 7.43. The molecule has 0 radical (unpaired) electrons. The molecule has 0 spiro atoms. The first-order valence-electron chi connectivity index (χ1n) is 6.86. The normalized spacial score (nSPS) is 11.3. The van der Waals surface area contributed by atoms with Gasteiger partial charge in [0.25, 0.3) is 0 Å². The van der Waals surface area contributed by atoms with Gasteiger partial charge in [-0.2, -0.15) is 0 Å². The van der Waals surface area contributed by atoms with Gasteiger partial charge in [0, 0.05) is 29.3 Å². The highest BCUT2D eigenvalue weighted by atomic mass is 19.1. The summed E-state index contributed by atoms with van der Waals surface area (Å²) in [5.74, 6) is -0.267. The molecule has 21 heavy (non-hydrogen) atoms. The van der Waals surface area contributed by atoms with Crippen LogP contribution in [-0.2, 0) is 0 Å². The van der Waals surface area contributed by atoms with Crippen molar-refractivity contribution in [2.45, 2.75) is 0 Å². The summed E-state index contributed by atoms with van der Waals surface area (Å²) in [4.78, 5) is 4.70. The van der Waals surface area contributed by atoms with Crippen LogP contribution < -0.4 is 5.32 Å². The van der Waals surface area contributed by atoms with E-state index in [9.17, 15) is 4.39 Å². The molecular weight excluding hydrogens is 263 g/mol. The molecule has 3 aromatic carbocycles. The van der Waals surface area contributed by atoms with Crippen LogP contribution in [0.2, 0.25) is 0 Å². The fourth-order valence-corrected chi connectivity index (χ4v) is 2.92. The van der Waals surface area contributed by atoms with Crippen LogP contribution >= 0.6 is 0 Å². The third kappa shape index (κ3) is 1.74. The molecule has 0 saturated carbocycles. The molecule has 0 atom stereocenters. The molecule has 2 nitrogen and oxygen atoms in total. The molecule has 1 heterocycles. The van der Waals surface area contributed by atoms with E-state index in [0.29, 0.717) is 5.52 Å². The molecule has 1 N–H and O–H groups in total. The van der Waals surface area contributed by atoms with Crippen LogP contribution in [0.4, 0.5) is 10.1 Å². The summed E-state index contributed by atoms with van der Waals surface area (Å²) in [7, 11) is 1.88. The molecule has 0 aliphatic heterocycles. The predicted molar refractivity (Wildman–Crippen MR) is 86.3 cm³/mol. The minimum absolute atomic E-state index is 0.267. The maximum absolute atomic E-state index is 13.5. The van der Waals surface area contributed by atoms with Crippen LogP contribution in [0.1, 0.15) is 0 Å². The molecule has 0 fully saturated rings. The SMILES string of the molecule is CNc1c2ccc(F)cc2nc2c1ccc1ccccc12. The van der Waals surface area contributed by atoms with Crippen LogP contribution in [0.25, 0.3) is 32.6 Å². The first-order valence-corrected chi connectivity index (χ1v) is 6.86. The number of hydrogen-bond donors (Lipinski definition) is 1. The van der Waals surface area contributed by atoms with Gasteiger partial charge in [0.15, 0.2) is 0 Å². The van der Waals surface area contributed by atoms with E-state index in [2.05, 4.69) is 29.6 Å². The number of anilines is 1. The summed E-state index contributed by atoms with van der Waals surface area (Å²) in [5.41, 5.74) is 2.56. The maximum atomic E-state index is 13.5. The number of hydrogen-bond acceptors (Lipinski definition) is 2. The topological polar surface area (TPSA) is 24.9 Å². The van der Waals surface area contributed by atoms with Crippen molar-refractivity contribution in [3.63, 3.8) is 0 Å². The molecule has 0 amide bonds. The van der Waals surface area contributed by atoms with E-state index < -0.39 is 0 Å². The number of aromatic nitrogens is 1. The van der Waals surface area contributed by atoms with Crippen molar-refractivity contribution >= 4 is 38.3 Å². The lowest BCUT2D eigenvalue weighted by Crippen LogP contribution is -1.95. The van der Waals surface area contributed by atoms with Gasteiger partial charge >= 0.3 is 0 Å². The lowest BCUT2D eigenvalue weighted by atomic mass is 10.0. The van der Waals surface area contributed by atoms with E-state index in [1.807, 2.05) is 19.2 Å². The van der Waals surface area contributed by atoms with Gasteiger partial charge in [-0.1, -0.05) is 36.4 Å². The minimum Gasteiger partial charge on any atom is -0.387 e. The number of rotatable bonds is 1. The van der Waals surface area contributed by atoms with E-state index in [1.165, 1.54) is 12.1 Å². The van der Waals surface area contributed by atoms with Crippen LogP contribution in [0, 0.1) is 5.82 Å². The molecule has 4 aromatic rings. The highest BCUT2D eigenvalue weighted by molar-refractivity contribution is 6.15. The van der Waals surface area contributed by atoms with Gasteiger partial charge < -0.3 is 5.32 Å². The number of nitrogens with one attached hydrogen (secondary N) is 1. The van der Waals surface area contributed by atoms with Gasteiger partial charge in [0.1, 0.15) is 5.82 Å². The highest BCUT2D eigenvalue weighted by Gasteiger charge is 2.10. The van der Waals surface area contributed by atoms with Gasteiger partial charge in [0.2, 0.25) is 0 Å². The second kappa shape index (κ2) is 4.42. The average Bonchev–Trinajstić information content (AvgIpc) is 2.52. The van der Waals surface area contributed by atoms with Gasteiger partial charge in [-0.25, -0.2) is 9.37 Å². The standard InChI is InChI=1S/C18H13FN2/c1-20-17-14-9-7-12(19)10-16(14)21-18-13-5-3-2-4-11(13)6-8-15(17)18/h2-10H,1H3,(H,20,21). The Labute approximate surface area is 121 Å². The molecule has 4 rings (SSSR count). The number of nitrogens with zero attached hydrogens (tertiary/aromatic N) is 1. The number of pyridine rings is 1. The molecule has 0 unspecified atom stereocenters. The van der Waals surface area contributed by atoms with Crippen molar-refractivity contribution in [2.24, 2.45) is 0 Å². The maximum Gasteiger partial charge on any atom is 0.125 e. The molecule has 0 saturated heterocycles. The van der Waals surface area contributed by atoms with Crippen molar-refractivity contribution < 1.29 is 4.39 Å².